The number of para-hydroxylation sites is 1. The van der Waals surface area contributed by atoms with Gasteiger partial charge in [0, 0.05) is 12.0 Å². The van der Waals surface area contributed by atoms with E-state index >= 15 is 0 Å². The van der Waals surface area contributed by atoms with Crippen molar-refractivity contribution in [3.05, 3.63) is 82.7 Å². The average molecular weight is 466 g/mol. The number of rotatable bonds is 7. The van der Waals surface area contributed by atoms with Gasteiger partial charge in [-0.05, 0) is 42.1 Å². The van der Waals surface area contributed by atoms with Crippen LogP contribution in [0, 0.1) is 11.6 Å². The first kappa shape index (κ1) is 22.4. The van der Waals surface area contributed by atoms with E-state index in [0.717, 1.165) is 23.5 Å². The minimum atomic E-state index is -3.87. The molecule has 2 amide bonds. The lowest BCUT2D eigenvalue weighted by atomic mass is 10.1. The number of sulfonamides is 1. The average Bonchev–Trinajstić information content (AvgIpc) is 3.28. The van der Waals surface area contributed by atoms with Crippen molar-refractivity contribution in [2.45, 2.75) is 17.1 Å². The zero-order chi connectivity index (χ0) is 22.4. The molecule has 3 aromatic rings. The first-order valence-electron chi connectivity index (χ1n) is 8.95. The summed E-state index contributed by atoms with van der Waals surface area (Å²) in [5.41, 5.74) is 4.09. The highest BCUT2D eigenvalue weighted by Gasteiger charge is 2.19. The van der Waals surface area contributed by atoms with Crippen molar-refractivity contribution in [2.24, 2.45) is 0 Å². The molecule has 162 valence electrons. The van der Waals surface area contributed by atoms with Gasteiger partial charge in [0.05, 0.1) is 11.3 Å². The largest absolute Gasteiger partial charge is 0.278 e. The molecule has 0 radical (unpaired) electrons. The van der Waals surface area contributed by atoms with Crippen LogP contribution >= 0.6 is 11.3 Å². The van der Waals surface area contributed by atoms with Crippen molar-refractivity contribution in [1.82, 2.24) is 10.9 Å². The molecule has 3 N–H and O–H groups in total. The van der Waals surface area contributed by atoms with E-state index in [1.54, 1.807) is 17.5 Å². The van der Waals surface area contributed by atoms with Crippen LogP contribution in [-0.2, 0) is 21.2 Å². The van der Waals surface area contributed by atoms with E-state index in [9.17, 15) is 26.8 Å². The smallest absolute Gasteiger partial charge is 0.271 e. The van der Waals surface area contributed by atoms with Crippen molar-refractivity contribution in [1.29, 1.82) is 0 Å². The molecule has 0 spiro atoms. The van der Waals surface area contributed by atoms with Crippen LogP contribution in [0.25, 0.3) is 0 Å². The summed E-state index contributed by atoms with van der Waals surface area (Å²) in [6.07, 6.45) is -0.470. The maximum absolute atomic E-state index is 13.6. The predicted molar refractivity (Wildman–Crippen MR) is 112 cm³/mol. The predicted octanol–water partition coefficient (Wildman–Crippen LogP) is 3.22. The Morgan fingerprint density at radius 2 is 1.61 bits per heavy atom. The normalized spacial score (nSPS) is 11.0. The van der Waals surface area contributed by atoms with Crippen LogP contribution in [0.5, 0.6) is 0 Å². The molecule has 31 heavy (non-hydrogen) atoms. The highest BCUT2D eigenvalue weighted by atomic mass is 32.2. The van der Waals surface area contributed by atoms with Crippen LogP contribution in [0.2, 0.25) is 0 Å². The molecule has 2 aromatic carbocycles. The van der Waals surface area contributed by atoms with Crippen LogP contribution in [-0.4, -0.2) is 20.2 Å². The van der Waals surface area contributed by atoms with Gasteiger partial charge in [-0.15, -0.1) is 11.3 Å². The molecule has 0 atom stereocenters. The van der Waals surface area contributed by atoms with Crippen LogP contribution in [0.3, 0.4) is 0 Å². The Kier molecular flexibility index (Phi) is 6.98. The quantitative estimate of drug-likeness (QED) is 0.466. The maximum Gasteiger partial charge on any atom is 0.271 e. The summed E-state index contributed by atoms with van der Waals surface area (Å²) in [5.74, 6) is -2.96. The maximum atomic E-state index is 13.6. The topological polar surface area (TPSA) is 104 Å². The molecule has 0 aliphatic rings. The van der Waals surface area contributed by atoms with Gasteiger partial charge in [0.15, 0.2) is 0 Å². The Hall–Kier alpha value is -3.31. The number of hydrogen-bond donors (Lipinski definition) is 3. The minimum absolute atomic E-state index is 0.0241. The van der Waals surface area contributed by atoms with Crippen molar-refractivity contribution in [3.63, 3.8) is 0 Å². The molecule has 7 nitrogen and oxygen atoms in total. The third-order valence-electron chi connectivity index (χ3n) is 4.16. The molecule has 0 aliphatic carbocycles. The molecule has 0 fully saturated rings. The molecular weight excluding hydrogens is 448 g/mol. The van der Waals surface area contributed by atoms with Gasteiger partial charge in [0.25, 0.3) is 15.9 Å². The van der Waals surface area contributed by atoms with E-state index in [1.807, 2.05) is 0 Å². The molecule has 0 saturated carbocycles. The number of hydrogen-bond acceptors (Lipinski definition) is 5. The fraction of sp³-hybridized carbons (Fsp3) is 0.100. The van der Waals surface area contributed by atoms with E-state index < -0.39 is 33.5 Å². The van der Waals surface area contributed by atoms with E-state index in [2.05, 4.69) is 15.6 Å². The number of benzene rings is 2. The molecule has 1 aromatic heterocycles. The molecule has 11 heteroatoms. The second kappa shape index (κ2) is 9.67. The van der Waals surface area contributed by atoms with Gasteiger partial charge in [-0.1, -0.05) is 24.3 Å². The van der Waals surface area contributed by atoms with Crippen LogP contribution in [0.1, 0.15) is 22.3 Å². The van der Waals surface area contributed by atoms with Gasteiger partial charge in [-0.2, -0.15) is 0 Å². The van der Waals surface area contributed by atoms with Gasteiger partial charge >= 0.3 is 0 Å². The first-order valence-corrected chi connectivity index (χ1v) is 11.3. The summed E-state index contributed by atoms with van der Waals surface area (Å²) in [5, 5.41) is 1.61. The molecule has 0 saturated heterocycles. The number of hydrazine groups is 1. The first-order chi connectivity index (χ1) is 14.8. The van der Waals surface area contributed by atoms with E-state index in [4.69, 9.17) is 0 Å². The van der Waals surface area contributed by atoms with Crippen molar-refractivity contribution >= 4 is 38.9 Å². The second-order valence-corrected chi connectivity index (χ2v) is 9.14. The zero-order valence-electron chi connectivity index (χ0n) is 15.9. The number of nitrogens with one attached hydrogen (secondary N) is 3. The molecule has 1 heterocycles. The lowest BCUT2D eigenvalue weighted by Crippen LogP contribution is -2.42. The van der Waals surface area contributed by atoms with Gasteiger partial charge < -0.3 is 0 Å². The summed E-state index contributed by atoms with van der Waals surface area (Å²) in [7, 11) is -3.87. The summed E-state index contributed by atoms with van der Waals surface area (Å²) < 4.78 is 54.5. The van der Waals surface area contributed by atoms with Crippen LogP contribution < -0.4 is 15.6 Å². The van der Waals surface area contributed by atoms with Gasteiger partial charge in [-0.25, -0.2) is 17.2 Å². The Balaban J connectivity index is 1.61. The fourth-order valence-electron chi connectivity index (χ4n) is 2.65. The van der Waals surface area contributed by atoms with Crippen LogP contribution in [0.15, 0.2) is 64.2 Å². The van der Waals surface area contributed by atoms with E-state index in [1.165, 1.54) is 30.3 Å². The zero-order valence-corrected chi connectivity index (χ0v) is 17.5. The van der Waals surface area contributed by atoms with Gasteiger partial charge in [-0.3, -0.25) is 25.2 Å². The molecular formula is C20H17F2N3O4S2. The Morgan fingerprint density at radius 3 is 2.29 bits per heavy atom. The fourth-order valence-corrected chi connectivity index (χ4v) is 4.72. The Morgan fingerprint density at radius 1 is 0.903 bits per heavy atom. The highest BCUT2D eigenvalue weighted by molar-refractivity contribution is 7.94. The second-order valence-electron chi connectivity index (χ2n) is 6.29. The third-order valence-corrected chi connectivity index (χ3v) is 6.92. The number of anilines is 1. The molecule has 3 rings (SSSR count). The van der Waals surface area contributed by atoms with Crippen LogP contribution in [0.4, 0.5) is 14.5 Å². The Bertz CT molecular complexity index is 1180. The molecule has 0 aliphatic heterocycles. The molecule has 0 bridgehead atoms. The number of carbonyl (C=O) groups excluding carboxylic acids is 2. The number of halogens is 2. The Labute approximate surface area is 181 Å². The van der Waals surface area contributed by atoms with Crippen molar-refractivity contribution in [2.75, 3.05) is 4.72 Å². The summed E-state index contributed by atoms with van der Waals surface area (Å²) in [4.78, 5) is 24.4. The number of thiophene rings is 1. The number of amides is 2. The molecule has 0 unspecified atom stereocenters. The summed E-state index contributed by atoms with van der Waals surface area (Å²) in [6, 6.07) is 12.3. The minimum Gasteiger partial charge on any atom is -0.278 e. The van der Waals surface area contributed by atoms with Gasteiger partial charge in [0.1, 0.15) is 15.8 Å². The monoisotopic (exact) mass is 465 g/mol. The van der Waals surface area contributed by atoms with Gasteiger partial charge in [0.2, 0.25) is 5.91 Å². The SMILES string of the molecule is O=C(CCc1c(F)cccc1F)NNC(=O)c1ccccc1NS(=O)(=O)c1cccs1. The third kappa shape index (κ3) is 5.64. The lowest BCUT2D eigenvalue weighted by molar-refractivity contribution is -0.121. The lowest BCUT2D eigenvalue weighted by Gasteiger charge is -2.12. The number of carbonyl (C=O) groups is 2. The summed E-state index contributed by atoms with van der Waals surface area (Å²) >= 11 is 1.02. The van der Waals surface area contributed by atoms with E-state index in [0.29, 0.717) is 0 Å². The van der Waals surface area contributed by atoms with E-state index in [-0.39, 0.29) is 33.9 Å². The summed E-state index contributed by atoms with van der Waals surface area (Å²) in [6.45, 7) is 0. The van der Waals surface area contributed by atoms with Crippen molar-refractivity contribution < 1.29 is 26.8 Å². The standard InChI is InChI=1S/C20H17F2N3O4S2/c21-15-6-3-7-16(22)13(15)10-11-18(26)23-24-20(27)14-5-1-2-8-17(14)25-31(28,29)19-9-4-12-30-19/h1-9,12,25H,10-11H2,(H,23,26)(H,24,27). The van der Waals surface area contributed by atoms with Crippen molar-refractivity contribution in [3.8, 4) is 0 Å². The highest BCUT2D eigenvalue weighted by Crippen LogP contribution is 2.22.